The van der Waals surface area contributed by atoms with E-state index in [2.05, 4.69) is 15.6 Å². The Morgan fingerprint density at radius 2 is 1.57 bits per heavy atom. The van der Waals surface area contributed by atoms with Gasteiger partial charge >= 0.3 is 11.9 Å². The van der Waals surface area contributed by atoms with E-state index in [0.29, 0.717) is 12.8 Å². The molecule has 172 valence electrons. The van der Waals surface area contributed by atoms with Crippen LogP contribution in [-0.2, 0) is 19.2 Å². The number of nitrogens with zero attached hydrogens (tertiary/aromatic N) is 1. The molecular formula is C19H35N5O6. The Kier molecular flexibility index (Phi) is 10.3. The maximum absolute atomic E-state index is 12.8. The van der Waals surface area contributed by atoms with Crippen LogP contribution < -0.4 is 22.1 Å². The van der Waals surface area contributed by atoms with Crippen molar-refractivity contribution >= 4 is 29.7 Å². The predicted octanol–water partition coefficient (Wildman–Crippen LogP) is 0.0313. The highest BCUT2D eigenvalue weighted by Crippen LogP contribution is 2.37. The van der Waals surface area contributed by atoms with E-state index in [1.54, 1.807) is 27.7 Å². The molecule has 0 rings (SSSR count). The van der Waals surface area contributed by atoms with Gasteiger partial charge in [0.15, 0.2) is 5.96 Å². The van der Waals surface area contributed by atoms with Gasteiger partial charge in [-0.25, -0.2) is 4.79 Å². The van der Waals surface area contributed by atoms with Gasteiger partial charge in [0.25, 0.3) is 0 Å². The van der Waals surface area contributed by atoms with E-state index < -0.39 is 46.7 Å². The first-order chi connectivity index (χ1) is 13.7. The Labute approximate surface area is 176 Å². The number of hydrogen-bond donors (Lipinski definition) is 6. The number of carboxylic acid groups (broad SMARTS) is 2. The molecular weight excluding hydrogens is 394 g/mol. The fourth-order valence-corrected chi connectivity index (χ4v) is 2.97. The highest BCUT2D eigenvalue weighted by molar-refractivity contribution is 5.90. The molecule has 3 atom stereocenters. The molecule has 0 aliphatic rings. The molecule has 2 amide bonds. The number of nitrogens with two attached hydrogens (primary N) is 2. The second-order valence-corrected chi connectivity index (χ2v) is 8.32. The van der Waals surface area contributed by atoms with E-state index in [9.17, 15) is 24.3 Å². The highest BCUT2D eigenvalue weighted by Gasteiger charge is 2.42. The quantitative estimate of drug-likeness (QED) is 0.134. The largest absolute Gasteiger partial charge is 0.480 e. The molecule has 0 bridgehead atoms. The second-order valence-electron chi connectivity index (χ2n) is 8.32. The average Bonchev–Trinajstić information content (AvgIpc) is 2.62. The Bertz CT molecular complexity index is 674. The average molecular weight is 430 g/mol. The standard InChI is InChI=1S/C19H35N5O6/c1-6-19(5,16(30)23-11(2)13(25)26)10-18(3,4)15(29)24-12(14(27)28)8-7-9-22-17(20)21/h11-12H,6-10H2,1-5H3,(H,23,30)(H,24,29)(H,25,26)(H,27,28)(H4,20,21,22). The fourth-order valence-electron chi connectivity index (χ4n) is 2.97. The molecule has 0 aromatic heterocycles. The monoisotopic (exact) mass is 429 g/mol. The number of aliphatic carboxylic acids is 2. The molecule has 0 radical (unpaired) electrons. The van der Waals surface area contributed by atoms with Gasteiger partial charge in [0.1, 0.15) is 12.1 Å². The van der Waals surface area contributed by atoms with Crippen molar-refractivity contribution in [3.8, 4) is 0 Å². The number of carbonyl (C=O) groups is 4. The van der Waals surface area contributed by atoms with E-state index in [1.165, 1.54) is 6.92 Å². The van der Waals surface area contributed by atoms with Gasteiger partial charge in [-0.2, -0.15) is 0 Å². The Morgan fingerprint density at radius 3 is 2.00 bits per heavy atom. The summed E-state index contributed by atoms with van der Waals surface area (Å²) in [5.74, 6) is -3.44. The smallest absolute Gasteiger partial charge is 0.326 e. The zero-order valence-corrected chi connectivity index (χ0v) is 18.3. The lowest BCUT2D eigenvalue weighted by atomic mass is 9.71. The minimum atomic E-state index is -1.19. The molecule has 3 unspecified atom stereocenters. The van der Waals surface area contributed by atoms with Crippen LogP contribution in [0.15, 0.2) is 4.99 Å². The van der Waals surface area contributed by atoms with Crippen molar-refractivity contribution in [2.45, 2.75) is 72.4 Å². The Balaban J connectivity index is 5.21. The van der Waals surface area contributed by atoms with Crippen LogP contribution in [-0.4, -0.2) is 58.6 Å². The van der Waals surface area contributed by atoms with E-state index >= 15 is 0 Å². The molecule has 0 fully saturated rings. The van der Waals surface area contributed by atoms with Gasteiger partial charge in [-0.15, -0.1) is 0 Å². The van der Waals surface area contributed by atoms with Crippen LogP contribution in [0.1, 0.15) is 60.3 Å². The third-order valence-electron chi connectivity index (χ3n) is 5.04. The lowest BCUT2D eigenvalue weighted by Gasteiger charge is -2.36. The minimum absolute atomic E-state index is 0.0959. The van der Waals surface area contributed by atoms with Crippen LogP contribution in [0.3, 0.4) is 0 Å². The van der Waals surface area contributed by atoms with Crippen LogP contribution in [0.4, 0.5) is 0 Å². The summed E-state index contributed by atoms with van der Waals surface area (Å²) in [4.78, 5) is 51.7. The van der Waals surface area contributed by atoms with E-state index in [4.69, 9.17) is 16.6 Å². The summed E-state index contributed by atoms with van der Waals surface area (Å²) in [7, 11) is 0. The predicted molar refractivity (Wildman–Crippen MR) is 112 cm³/mol. The highest BCUT2D eigenvalue weighted by atomic mass is 16.4. The number of carbonyl (C=O) groups excluding carboxylic acids is 2. The normalized spacial score (nSPS) is 15.2. The first-order valence-electron chi connectivity index (χ1n) is 9.79. The molecule has 30 heavy (non-hydrogen) atoms. The molecule has 0 saturated carbocycles. The second kappa shape index (κ2) is 11.4. The van der Waals surface area contributed by atoms with Crippen LogP contribution in [0.25, 0.3) is 0 Å². The summed E-state index contributed by atoms with van der Waals surface area (Å²) in [5.41, 5.74) is 8.35. The molecule has 8 N–H and O–H groups in total. The van der Waals surface area contributed by atoms with Crippen LogP contribution in [0.5, 0.6) is 0 Å². The summed E-state index contributed by atoms with van der Waals surface area (Å²) in [5, 5.41) is 23.4. The summed E-state index contributed by atoms with van der Waals surface area (Å²) < 4.78 is 0. The minimum Gasteiger partial charge on any atom is -0.480 e. The van der Waals surface area contributed by atoms with E-state index in [-0.39, 0.29) is 25.3 Å². The number of aliphatic imine (C=N–C) groups is 1. The van der Waals surface area contributed by atoms with Crippen molar-refractivity contribution in [2.24, 2.45) is 27.3 Å². The molecule has 0 aliphatic heterocycles. The van der Waals surface area contributed by atoms with Gasteiger partial charge < -0.3 is 32.3 Å². The molecule has 0 saturated heterocycles. The van der Waals surface area contributed by atoms with Crippen molar-refractivity contribution in [1.82, 2.24) is 10.6 Å². The topological polar surface area (TPSA) is 197 Å². The van der Waals surface area contributed by atoms with Crippen LogP contribution in [0, 0.1) is 10.8 Å². The summed E-state index contributed by atoms with van der Waals surface area (Å²) in [6.45, 7) is 8.23. The van der Waals surface area contributed by atoms with Gasteiger partial charge in [-0.1, -0.05) is 27.7 Å². The maximum atomic E-state index is 12.8. The van der Waals surface area contributed by atoms with Crippen LogP contribution >= 0.6 is 0 Å². The number of guanidine groups is 1. The van der Waals surface area contributed by atoms with Crippen molar-refractivity contribution in [3.63, 3.8) is 0 Å². The van der Waals surface area contributed by atoms with Crippen LogP contribution in [0.2, 0.25) is 0 Å². The molecule has 11 heteroatoms. The number of carboxylic acids is 2. The molecule has 0 aromatic carbocycles. The Hall–Kier alpha value is -2.85. The molecule has 0 aromatic rings. The van der Waals surface area contributed by atoms with Gasteiger partial charge in [0, 0.05) is 17.4 Å². The zero-order valence-electron chi connectivity index (χ0n) is 18.3. The maximum Gasteiger partial charge on any atom is 0.326 e. The number of nitrogens with one attached hydrogen (secondary N) is 2. The Morgan fingerprint density at radius 1 is 1.00 bits per heavy atom. The lowest BCUT2D eigenvalue weighted by molar-refractivity contribution is -0.146. The first-order valence-corrected chi connectivity index (χ1v) is 9.79. The first kappa shape index (κ1) is 27.1. The van der Waals surface area contributed by atoms with Crippen molar-refractivity contribution in [3.05, 3.63) is 0 Å². The van der Waals surface area contributed by atoms with Gasteiger partial charge in [0.2, 0.25) is 11.8 Å². The van der Waals surface area contributed by atoms with Gasteiger partial charge in [-0.05, 0) is 32.6 Å². The number of hydrogen-bond acceptors (Lipinski definition) is 5. The number of rotatable bonds is 13. The third-order valence-corrected chi connectivity index (χ3v) is 5.04. The van der Waals surface area contributed by atoms with E-state index in [1.807, 2.05) is 0 Å². The molecule has 0 aliphatic carbocycles. The van der Waals surface area contributed by atoms with E-state index in [0.717, 1.165) is 0 Å². The summed E-state index contributed by atoms with van der Waals surface area (Å²) in [6.07, 6.45) is 0.955. The fraction of sp³-hybridized carbons (Fsp3) is 0.737. The zero-order chi connectivity index (χ0) is 23.7. The third kappa shape index (κ3) is 8.66. The molecule has 0 spiro atoms. The van der Waals surface area contributed by atoms with Crippen molar-refractivity contribution in [2.75, 3.05) is 6.54 Å². The molecule has 11 nitrogen and oxygen atoms in total. The molecule has 0 heterocycles. The van der Waals surface area contributed by atoms with Gasteiger partial charge in [0.05, 0.1) is 0 Å². The lowest BCUT2D eigenvalue weighted by Crippen LogP contribution is -2.51. The summed E-state index contributed by atoms with van der Waals surface area (Å²) >= 11 is 0. The van der Waals surface area contributed by atoms with Crippen molar-refractivity contribution < 1.29 is 29.4 Å². The summed E-state index contributed by atoms with van der Waals surface area (Å²) in [6, 6.07) is -2.19. The SMILES string of the molecule is CCC(C)(CC(C)(C)C(=O)NC(CCCN=C(N)N)C(=O)O)C(=O)NC(C)C(=O)O. The number of amides is 2. The van der Waals surface area contributed by atoms with Gasteiger partial charge in [-0.3, -0.25) is 19.4 Å². The van der Waals surface area contributed by atoms with Crippen molar-refractivity contribution in [1.29, 1.82) is 0 Å².